The standard InChI is InChI=1S/C15H17NO2/c1-2-3-11-4-6-12(7-5-11)8-9-13-10-14(17)15(18)16-13/h4-7,10H,2-3,8-9H2,1H3,(H,16,17,18). The fourth-order valence-electron chi connectivity index (χ4n) is 2.00. The summed E-state index contributed by atoms with van der Waals surface area (Å²) in [6, 6.07) is 8.53. The first-order chi connectivity index (χ1) is 8.69. The molecule has 18 heavy (non-hydrogen) atoms. The van der Waals surface area contributed by atoms with Crippen molar-refractivity contribution in [2.45, 2.75) is 32.6 Å². The van der Waals surface area contributed by atoms with Gasteiger partial charge in [0.2, 0.25) is 0 Å². The Hall–Kier alpha value is -1.90. The minimum Gasteiger partial charge on any atom is -0.503 e. The predicted octanol–water partition coefficient (Wildman–Crippen LogP) is 2.99. The van der Waals surface area contributed by atoms with E-state index in [1.807, 2.05) is 0 Å². The summed E-state index contributed by atoms with van der Waals surface area (Å²) in [7, 11) is 0. The number of rotatable bonds is 5. The van der Waals surface area contributed by atoms with Crippen LogP contribution in [0.15, 0.2) is 41.1 Å². The zero-order valence-electron chi connectivity index (χ0n) is 10.5. The molecule has 0 unspecified atom stereocenters. The summed E-state index contributed by atoms with van der Waals surface area (Å²) in [5.74, 6) is -0.772. The molecular weight excluding hydrogens is 226 g/mol. The molecule has 0 aliphatic carbocycles. The summed E-state index contributed by atoms with van der Waals surface area (Å²) in [5.41, 5.74) is 3.24. The number of aliphatic imine (C=N–C) groups is 1. The molecule has 2 rings (SSSR count). The van der Waals surface area contributed by atoms with Crippen LogP contribution in [0.25, 0.3) is 0 Å². The molecule has 3 heteroatoms. The molecule has 1 aliphatic heterocycles. The van der Waals surface area contributed by atoms with E-state index in [2.05, 4.69) is 36.2 Å². The summed E-state index contributed by atoms with van der Waals surface area (Å²) < 4.78 is 0. The maximum absolute atomic E-state index is 11.0. The first-order valence-corrected chi connectivity index (χ1v) is 6.29. The van der Waals surface area contributed by atoms with E-state index in [1.54, 1.807) is 0 Å². The second-order valence-electron chi connectivity index (χ2n) is 4.50. The summed E-state index contributed by atoms with van der Waals surface area (Å²) in [6.45, 7) is 2.17. The Balaban J connectivity index is 1.91. The van der Waals surface area contributed by atoms with E-state index in [4.69, 9.17) is 5.11 Å². The van der Waals surface area contributed by atoms with Crippen LogP contribution in [-0.2, 0) is 17.6 Å². The van der Waals surface area contributed by atoms with Gasteiger partial charge in [-0.3, -0.25) is 4.79 Å². The van der Waals surface area contributed by atoms with Gasteiger partial charge in [-0.2, -0.15) is 0 Å². The van der Waals surface area contributed by atoms with E-state index >= 15 is 0 Å². The first-order valence-electron chi connectivity index (χ1n) is 6.29. The maximum atomic E-state index is 11.0. The summed E-state index contributed by atoms with van der Waals surface area (Å²) >= 11 is 0. The molecule has 1 amide bonds. The molecule has 94 valence electrons. The van der Waals surface area contributed by atoms with Crippen LogP contribution in [0.4, 0.5) is 0 Å². The van der Waals surface area contributed by atoms with Gasteiger partial charge in [0.05, 0.1) is 0 Å². The smallest absolute Gasteiger partial charge is 0.312 e. The highest BCUT2D eigenvalue weighted by atomic mass is 16.3. The Morgan fingerprint density at radius 3 is 2.17 bits per heavy atom. The third-order valence-electron chi connectivity index (χ3n) is 3.00. The molecule has 0 saturated heterocycles. The SMILES string of the molecule is CCCc1ccc(CCC2=NC(=O)C(O)=C2)cc1. The van der Waals surface area contributed by atoms with Crippen molar-refractivity contribution in [3.8, 4) is 0 Å². The average Bonchev–Trinajstić information content (AvgIpc) is 2.68. The summed E-state index contributed by atoms with van der Waals surface area (Å²) in [5, 5.41) is 9.16. The van der Waals surface area contributed by atoms with Crippen molar-refractivity contribution < 1.29 is 9.90 Å². The highest BCUT2D eigenvalue weighted by molar-refractivity contribution is 6.14. The lowest BCUT2D eigenvalue weighted by Crippen LogP contribution is -1.96. The number of hydrogen-bond acceptors (Lipinski definition) is 2. The quantitative estimate of drug-likeness (QED) is 0.864. The molecule has 1 aromatic carbocycles. The average molecular weight is 243 g/mol. The van der Waals surface area contributed by atoms with Gasteiger partial charge >= 0.3 is 5.91 Å². The number of hydrogen-bond donors (Lipinski definition) is 1. The summed E-state index contributed by atoms with van der Waals surface area (Å²) in [6.07, 6.45) is 5.24. The molecule has 0 radical (unpaired) electrons. The zero-order valence-corrected chi connectivity index (χ0v) is 10.5. The van der Waals surface area contributed by atoms with E-state index in [1.165, 1.54) is 17.2 Å². The van der Waals surface area contributed by atoms with Crippen molar-refractivity contribution in [1.82, 2.24) is 0 Å². The van der Waals surface area contributed by atoms with Crippen LogP contribution in [0.5, 0.6) is 0 Å². The van der Waals surface area contributed by atoms with Gasteiger partial charge in [0, 0.05) is 11.8 Å². The molecule has 0 spiro atoms. The maximum Gasteiger partial charge on any atom is 0.312 e. The van der Waals surface area contributed by atoms with E-state index in [0.29, 0.717) is 12.1 Å². The number of nitrogens with zero attached hydrogens (tertiary/aromatic N) is 1. The number of amides is 1. The molecule has 1 heterocycles. The van der Waals surface area contributed by atoms with Crippen molar-refractivity contribution in [3.63, 3.8) is 0 Å². The van der Waals surface area contributed by atoms with Crippen LogP contribution < -0.4 is 0 Å². The monoisotopic (exact) mass is 243 g/mol. The van der Waals surface area contributed by atoms with Gasteiger partial charge in [-0.15, -0.1) is 0 Å². The van der Waals surface area contributed by atoms with Crippen molar-refractivity contribution >= 4 is 11.6 Å². The fourth-order valence-corrected chi connectivity index (χ4v) is 2.00. The zero-order chi connectivity index (χ0) is 13.0. The molecule has 0 bridgehead atoms. The van der Waals surface area contributed by atoms with E-state index in [9.17, 15) is 4.79 Å². The Labute approximate surface area is 107 Å². The first kappa shape index (κ1) is 12.6. The van der Waals surface area contributed by atoms with Gasteiger partial charge in [-0.25, -0.2) is 4.99 Å². The second-order valence-corrected chi connectivity index (χ2v) is 4.50. The fraction of sp³-hybridized carbons (Fsp3) is 0.333. The normalized spacial score (nSPS) is 14.6. The lowest BCUT2D eigenvalue weighted by Gasteiger charge is -2.02. The number of carbonyl (C=O) groups excluding carboxylic acids is 1. The minimum absolute atomic E-state index is 0.247. The van der Waals surface area contributed by atoms with Crippen LogP contribution in [0.2, 0.25) is 0 Å². The third kappa shape index (κ3) is 3.06. The number of allylic oxidation sites excluding steroid dienone is 1. The van der Waals surface area contributed by atoms with E-state index in [-0.39, 0.29) is 5.76 Å². The van der Waals surface area contributed by atoms with Crippen molar-refractivity contribution in [2.24, 2.45) is 4.99 Å². The van der Waals surface area contributed by atoms with Gasteiger partial charge in [0.15, 0.2) is 5.76 Å². The molecule has 0 saturated carbocycles. The molecule has 1 N–H and O–H groups in total. The Morgan fingerprint density at radius 1 is 1.06 bits per heavy atom. The summed E-state index contributed by atoms with van der Waals surface area (Å²) in [4.78, 5) is 14.8. The highest BCUT2D eigenvalue weighted by Gasteiger charge is 2.15. The Kier molecular flexibility index (Phi) is 3.92. The molecule has 1 aliphatic rings. The highest BCUT2D eigenvalue weighted by Crippen LogP contribution is 2.12. The van der Waals surface area contributed by atoms with Gasteiger partial charge in [-0.1, -0.05) is 37.6 Å². The topological polar surface area (TPSA) is 49.7 Å². The van der Waals surface area contributed by atoms with Crippen LogP contribution in [-0.4, -0.2) is 16.7 Å². The van der Waals surface area contributed by atoms with E-state index in [0.717, 1.165) is 19.3 Å². The second kappa shape index (κ2) is 5.63. The molecular formula is C15H17NO2. The van der Waals surface area contributed by atoms with Crippen molar-refractivity contribution in [2.75, 3.05) is 0 Å². The molecule has 0 atom stereocenters. The molecule has 0 aromatic heterocycles. The predicted molar refractivity (Wildman–Crippen MR) is 71.9 cm³/mol. The van der Waals surface area contributed by atoms with Crippen LogP contribution in [0.3, 0.4) is 0 Å². The van der Waals surface area contributed by atoms with Crippen molar-refractivity contribution in [3.05, 3.63) is 47.2 Å². The lowest BCUT2D eigenvalue weighted by molar-refractivity contribution is -0.116. The lowest BCUT2D eigenvalue weighted by atomic mass is 10.0. The number of benzene rings is 1. The number of carbonyl (C=O) groups is 1. The Bertz CT molecular complexity index is 498. The third-order valence-corrected chi connectivity index (χ3v) is 3.00. The minimum atomic E-state index is -0.525. The van der Waals surface area contributed by atoms with Gasteiger partial charge < -0.3 is 5.11 Å². The van der Waals surface area contributed by atoms with Gasteiger partial charge in [0.1, 0.15) is 0 Å². The molecule has 0 fully saturated rings. The molecule has 3 nitrogen and oxygen atoms in total. The Morgan fingerprint density at radius 2 is 1.67 bits per heavy atom. The van der Waals surface area contributed by atoms with Gasteiger partial charge in [0.25, 0.3) is 0 Å². The van der Waals surface area contributed by atoms with Gasteiger partial charge in [-0.05, 0) is 30.4 Å². The van der Waals surface area contributed by atoms with Crippen LogP contribution in [0.1, 0.15) is 30.9 Å². The number of aryl methyl sites for hydroxylation is 2. The number of aliphatic hydroxyl groups is 1. The van der Waals surface area contributed by atoms with Crippen LogP contribution >= 0.6 is 0 Å². The van der Waals surface area contributed by atoms with E-state index < -0.39 is 5.91 Å². The number of aliphatic hydroxyl groups excluding tert-OH is 1. The largest absolute Gasteiger partial charge is 0.503 e. The molecule has 1 aromatic rings. The van der Waals surface area contributed by atoms with Crippen molar-refractivity contribution in [1.29, 1.82) is 0 Å². The van der Waals surface area contributed by atoms with Crippen LogP contribution in [0, 0.1) is 0 Å².